The van der Waals surface area contributed by atoms with Crippen LogP contribution in [0.2, 0.25) is 0 Å². The van der Waals surface area contributed by atoms with Gasteiger partial charge in [0.2, 0.25) is 5.91 Å². The van der Waals surface area contributed by atoms with Gasteiger partial charge in [0.05, 0.1) is 10.8 Å². The third-order valence-corrected chi connectivity index (χ3v) is 4.49. The van der Waals surface area contributed by atoms with Crippen LogP contribution in [0.5, 0.6) is 0 Å². The molecular formula is C14H17NO3S. The number of carbonyl (C=O) groups excluding carboxylic acids is 1. The molecule has 0 aromatic heterocycles. The number of hydrogen-bond donors (Lipinski definition) is 2. The lowest BCUT2D eigenvalue weighted by atomic mass is 10.1. The van der Waals surface area contributed by atoms with Crippen molar-refractivity contribution in [1.82, 2.24) is 5.32 Å². The first-order chi connectivity index (χ1) is 9.16. The molecular weight excluding hydrogens is 262 g/mol. The van der Waals surface area contributed by atoms with Crippen molar-refractivity contribution in [1.29, 1.82) is 0 Å². The van der Waals surface area contributed by atoms with E-state index in [2.05, 4.69) is 5.32 Å². The first kappa shape index (κ1) is 13.9. The SMILES string of the molecule is O=C(O)c1cccc(CNC(=O)C2CCCCS2)c1. The number of benzene rings is 1. The molecule has 1 aliphatic rings. The van der Waals surface area contributed by atoms with E-state index in [4.69, 9.17) is 5.11 Å². The van der Waals surface area contributed by atoms with E-state index in [0.29, 0.717) is 6.54 Å². The minimum Gasteiger partial charge on any atom is -0.478 e. The molecule has 0 bridgehead atoms. The molecule has 1 unspecified atom stereocenters. The molecule has 1 amide bonds. The van der Waals surface area contributed by atoms with E-state index >= 15 is 0 Å². The van der Waals surface area contributed by atoms with Crippen molar-refractivity contribution in [2.45, 2.75) is 31.1 Å². The van der Waals surface area contributed by atoms with Gasteiger partial charge in [-0.3, -0.25) is 4.79 Å². The fourth-order valence-corrected chi connectivity index (χ4v) is 3.29. The molecule has 1 saturated heterocycles. The second-order valence-corrected chi connectivity index (χ2v) is 5.89. The zero-order valence-electron chi connectivity index (χ0n) is 10.6. The normalized spacial score (nSPS) is 18.8. The number of carboxylic acid groups (broad SMARTS) is 1. The zero-order valence-corrected chi connectivity index (χ0v) is 11.4. The fraction of sp³-hybridized carbons (Fsp3) is 0.429. The van der Waals surface area contributed by atoms with Crippen molar-refractivity contribution in [2.24, 2.45) is 0 Å². The van der Waals surface area contributed by atoms with Crippen LogP contribution in [0, 0.1) is 0 Å². The average molecular weight is 279 g/mol. The molecule has 0 aliphatic carbocycles. The Balaban J connectivity index is 1.89. The smallest absolute Gasteiger partial charge is 0.335 e. The Morgan fingerprint density at radius 1 is 1.37 bits per heavy atom. The summed E-state index contributed by atoms with van der Waals surface area (Å²) in [5.41, 5.74) is 1.06. The predicted octanol–water partition coefficient (Wildman–Crippen LogP) is 2.29. The summed E-state index contributed by atoms with van der Waals surface area (Å²) in [6.07, 6.45) is 3.24. The Morgan fingerprint density at radius 2 is 2.21 bits per heavy atom. The Morgan fingerprint density at radius 3 is 2.89 bits per heavy atom. The van der Waals surface area contributed by atoms with Crippen LogP contribution in [0.15, 0.2) is 24.3 Å². The van der Waals surface area contributed by atoms with Crippen molar-refractivity contribution in [3.8, 4) is 0 Å². The summed E-state index contributed by atoms with van der Waals surface area (Å²) in [5, 5.41) is 11.8. The maximum atomic E-state index is 11.9. The van der Waals surface area contributed by atoms with Crippen molar-refractivity contribution >= 4 is 23.6 Å². The van der Waals surface area contributed by atoms with Crippen LogP contribution in [0.3, 0.4) is 0 Å². The van der Waals surface area contributed by atoms with E-state index in [1.54, 1.807) is 30.0 Å². The fourth-order valence-electron chi connectivity index (χ4n) is 2.06. The number of thioether (sulfide) groups is 1. The van der Waals surface area contributed by atoms with Crippen LogP contribution >= 0.6 is 11.8 Å². The Labute approximate surface area is 116 Å². The molecule has 2 rings (SSSR count). The highest BCUT2D eigenvalue weighted by Gasteiger charge is 2.21. The molecule has 4 nitrogen and oxygen atoms in total. The predicted molar refractivity (Wildman–Crippen MR) is 75.3 cm³/mol. The van der Waals surface area contributed by atoms with Crippen molar-refractivity contribution in [3.05, 3.63) is 35.4 Å². The number of aromatic carboxylic acids is 1. The van der Waals surface area contributed by atoms with Gasteiger partial charge in [0.15, 0.2) is 0 Å². The second-order valence-electron chi connectivity index (χ2n) is 4.58. The second kappa shape index (κ2) is 6.61. The Kier molecular flexibility index (Phi) is 4.85. The molecule has 102 valence electrons. The molecule has 0 spiro atoms. The van der Waals surface area contributed by atoms with Gasteiger partial charge in [-0.2, -0.15) is 0 Å². The average Bonchev–Trinajstić information content (AvgIpc) is 2.46. The van der Waals surface area contributed by atoms with E-state index < -0.39 is 5.97 Å². The topological polar surface area (TPSA) is 66.4 Å². The lowest BCUT2D eigenvalue weighted by molar-refractivity contribution is -0.120. The van der Waals surface area contributed by atoms with Gasteiger partial charge in [-0.15, -0.1) is 11.8 Å². The highest BCUT2D eigenvalue weighted by molar-refractivity contribution is 8.00. The Hall–Kier alpha value is -1.49. The molecule has 1 atom stereocenters. The number of carbonyl (C=O) groups is 2. The van der Waals surface area contributed by atoms with Gasteiger partial charge in [0.1, 0.15) is 0 Å². The third-order valence-electron chi connectivity index (χ3n) is 3.11. The number of carboxylic acids is 1. The lowest BCUT2D eigenvalue weighted by Crippen LogP contribution is -2.33. The highest BCUT2D eigenvalue weighted by Crippen LogP contribution is 2.25. The maximum Gasteiger partial charge on any atom is 0.335 e. The number of hydrogen-bond acceptors (Lipinski definition) is 3. The quantitative estimate of drug-likeness (QED) is 0.887. The van der Waals surface area contributed by atoms with Gasteiger partial charge in [-0.25, -0.2) is 4.79 Å². The van der Waals surface area contributed by atoms with Crippen molar-refractivity contribution < 1.29 is 14.7 Å². The molecule has 19 heavy (non-hydrogen) atoms. The molecule has 1 fully saturated rings. The van der Waals surface area contributed by atoms with Crippen LogP contribution in [0.1, 0.15) is 35.2 Å². The first-order valence-electron chi connectivity index (χ1n) is 6.38. The molecule has 0 saturated carbocycles. The molecule has 0 radical (unpaired) electrons. The van der Waals surface area contributed by atoms with Gasteiger partial charge in [0.25, 0.3) is 0 Å². The van der Waals surface area contributed by atoms with Crippen LogP contribution in [-0.2, 0) is 11.3 Å². The first-order valence-corrected chi connectivity index (χ1v) is 7.43. The molecule has 1 aliphatic heterocycles. The number of amides is 1. The van der Waals surface area contributed by atoms with Gasteiger partial charge in [-0.05, 0) is 36.3 Å². The maximum absolute atomic E-state index is 11.9. The van der Waals surface area contributed by atoms with Crippen molar-refractivity contribution in [2.75, 3.05) is 5.75 Å². The van der Waals surface area contributed by atoms with Gasteiger partial charge >= 0.3 is 5.97 Å². The third kappa shape index (κ3) is 3.99. The Bertz CT molecular complexity index is 470. The number of nitrogens with one attached hydrogen (secondary N) is 1. The van der Waals surface area contributed by atoms with E-state index in [0.717, 1.165) is 24.2 Å². The van der Waals surface area contributed by atoms with Gasteiger partial charge < -0.3 is 10.4 Å². The standard InChI is InChI=1S/C14H17NO3S/c16-13(12-6-1-2-7-19-12)15-9-10-4-3-5-11(8-10)14(17)18/h3-5,8,12H,1-2,6-7,9H2,(H,15,16)(H,17,18). The monoisotopic (exact) mass is 279 g/mol. The molecule has 1 aromatic rings. The number of rotatable bonds is 4. The lowest BCUT2D eigenvalue weighted by Gasteiger charge is -2.20. The summed E-state index contributed by atoms with van der Waals surface area (Å²) < 4.78 is 0. The minimum atomic E-state index is -0.948. The van der Waals surface area contributed by atoms with E-state index in [1.165, 1.54) is 6.42 Å². The van der Waals surface area contributed by atoms with Crippen LogP contribution in [-0.4, -0.2) is 28.0 Å². The van der Waals surface area contributed by atoms with Gasteiger partial charge in [-0.1, -0.05) is 18.6 Å². The zero-order chi connectivity index (χ0) is 13.7. The highest BCUT2D eigenvalue weighted by atomic mass is 32.2. The minimum absolute atomic E-state index is 0.0522. The summed E-state index contributed by atoms with van der Waals surface area (Å²) in [6.45, 7) is 0.386. The summed E-state index contributed by atoms with van der Waals surface area (Å²) in [6, 6.07) is 6.66. The van der Waals surface area contributed by atoms with Crippen LogP contribution in [0.25, 0.3) is 0 Å². The van der Waals surface area contributed by atoms with Crippen LogP contribution in [0.4, 0.5) is 0 Å². The molecule has 5 heteroatoms. The van der Waals surface area contributed by atoms with E-state index in [1.807, 2.05) is 6.07 Å². The summed E-state index contributed by atoms with van der Waals surface area (Å²) in [7, 11) is 0. The summed E-state index contributed by atoms with van der Waals surface area (Å²) >= 11 is 1.71. The summed E-state index contributed by atoms with van der Waals surface area (Å²) in [5.74, 6) is 0.161. The molecule has 1 heterocycles. The van der Waals surface area contributed by atoms with E-state index in [-0.39, 0.29) is 16.7 Å². The molecule has 1 aromatic carbocycles. The van der Waals surface area contributed by atoms with Crippen LogP contribution < -0.4 is 5.32 Å². The molecule has 2 N–H and O–H groups in total. The van der Waals surface area contributed by atoms with Crippen molar-refractivity contribution in [3.63, 3.8) is 0 Å². The summed E-state index contributed by atoms with van der Waals surface area (Å²) in [4.78, 5) is 22.8. The van der Waals surface area contributed by atoms with E-state index in [9.17, 15) is 9.59 Å². The van der Waals surface area contributed by atoms with Gasteiger partial charge in [0, 0.05) is 6.54 Å². The largest absolute Gasteiger partial charge is 0.478 e.